The lowest BCUT2D eigenvalue weighted by Crippen LogP contribution is -2.02. The molecule has 6 heteroatoms. The van der Waals surface area contributed by atoms with Gasteiger partial charge in [0.1, 0.15) is 5.52 Å². The molecule has 5 nitrogen and oxygen atoms in total. The molecule has 0 aliphatic rings. The average Bonchev–Trinajstić information content (AvgIpc) is 2.84. The molecule has 0 spiro atoms. The Morgan fingerprint density at radius 1 is 1.26 bits per heavy atom. The van der Waals surface area contributed by atoms with Crippen LogP contribution in [0.1, 0.15) is 5.56 Å². The summed E-state index contributed by atoms with van der Waals surface area (Å²) in [5, 5.41) is 3.66. The van der Waals surface area contributed by atoms with Crippen molar-refractivity contribution < 1.29 is 0 Å². The highest BCUT2D eigenvalue weighted by molar-refractivity contribution is 6.31. The summed E-state index contributed by atoms with van der Waals surface area (Å²) in [5.41, 5.74) is 2.60. The zero-order valence-corrected chi connectivity index (χ0v) is 11.1. The van der Waals surface area contributed by atoms with Crippen LogP contribution in [0.2, 0.25) is 5.02 Å². The zero-order valence-electron chi connectivity index (χ0n) is 10.3. The number of nitrogens with one attached hydrogen (secondary N) is 1. The number of anilines is 1. The van der Waals surface area contributed by atoms with Crippen LogP contribution >= 0.6 is 11.6 Å². The maximum Gasteiger partial charge on any atom is 0.224 e. The molecule has 1 N–H and O–H groups in total. The number of aromatic nitrogens is 4. The van der Waals surface area contributed by atoms with Gasteiger partial charge in [-0.2, -0.15) is 4.98 Å². The summed E-state index contributed by atoms with van der Waals surface area (Å²) in [4.78, 5) is 12.8. The van der Waals surface area contributed by atoms with Crippen LogP contribution in [-0.2, 0) is 6.54 Å². The van der Waals surface area contributed by atoms with E-state index in [-0.39, 0.29) is 0 Å². The molecular formula is C13H12ClN5. The molecule has 0 radical (unpaired) electrons. The van der Waals surface area contributed by atoms with Crippen molar-refractivity contribution in [2.45, 2.75) is 6.54 Å². The molecule has 0 atom stereocenters. The molecule has 3 aromatic rings. The molecule has 0 amide bonds. The third kappa shape index (κ3) is 2.24. The Balaban J connectivity index is 2.03. The number of imidazole rings is 1. The van der Waals surface area contributed by atoms with Gasteiger partial charge >= 0.3 is 0 Å². The Morgan fingerprint density at radius 2 is 2.11 bits per heavy atom. The Labute approximate surface area is 115 Å². The van der Waals surface area contributed by atoms with Crippen molar-refractivity contribution in [3.63, 3.8) is 0 Å². The van der Waals surface area contributed by atoms with Crippen molar-refractivity contribution in [2.75, 3.05) is 12.4 Å². The van der Waals surface area contributed by atoms with Crippen LogP contribution in [-0.4, -0.2) is 26.6 Å². The summed E-state index contributed by atoms with van der Waals surface area (Å²) >= 11 is 6.17. The molecule has 96 valence electrons. The van der Waals surface area contributed by atoms with Gasteiger partial charge in [-0.05, 0) is 11.6 Å². The molecule has 0 aliphatic carbocycles. The van der Waals surface area contributed by atoms with Crippen molar-refractivity contribution in [1.29, 1.82) is 0 Å². The van der Waals surface area contributed by atoms with E-state index < -0.39 is 0 Å². The van der Waals surface area contributed by atoms with E-state index in [1.54, 1.807) is 19.6 Å². The highest BCUT2D eigenvalue weighted by Gasteiger charge is 2.08. The quantitative estimate of drug-likeness (QED) is 0.797. The van der Waals surface area contributed by atoms with E-state index in [2.05, 4.69) is 20.3 Å². The molecule has 0 saturated heterocycles. The second-order valence-corrected chi connectivity index (χ2v) is 4.52. The molecule has 19 heavy (non-hydrogen) atoms. The van der Waals surface area contributed by atoms with Crippen LogP contribution in [0.5, 0.6) is 0 Å². The third-order valence-electron chi connectivity index (χ3n) is 2.88. The summed E-state index contributed by atoms with van der Waals surface area (Å²) in [6, 6.07) is 7.76. The largest absolute Gasteiger partial charge is 0.357 e. The van der Waals surface area contributed by atoms with Gasteiger partial charge in [0.15, 0.2) is 5.65 Å². The van der Waals surface area contributed by atoms with Crippen molar-refractivity contribution in [3.05, 3.63) is 47.4 Å². The second kappa shape index (κ2) is 4.85. The van der Waals surface area contributed by atoms with Gasteiger partial charge in [0.2, 0.25) is 5.95 Å². The minimum Gasteiger partial charge on any atom is -0.357 e. The maximum atomic E-state index is 6.17. The summed E-state index contributed by atoms with van der Waals surface area (Å²) in [7, 11) is 1.79. The molecule has 0 bridgehead atoms. The average molecular weight is 274 g/mol. The smallest absolute Gasteiger partial charge is 0.224 e. The maximum absolute atomic E-state index is 6.17. The Morgan fingerprint density at radius 3 is 2.89 bits per heavy atom. The van der Waals surface area contributed by atoms with Crippen LogP contribution in [0, 0.1) is 0 Å². The first-order valence-electron chi connectivity index (χ1n) is 5.87. The fraction of sp³-hybridized carbons (Fsp3) is 0.154. The molecule has 0 aliphatic heterocycles. The van der Waals surface area contributed by atoms with Crippen molar-refractivity contribution in [3.8, 4) is 0 Å². The van der Waals surface area contributed by atoms with E-state index in [1.165, 1.54) is 0 Å². The molecule has 0 fully saturated rings. The van der Waals surface area contributed by atoms with Gasteiger partial charge in [0, 0.05) is 12.1 Å². The predicted octanol–water partition coefficient (Wildman–Crippen LogP) is 2.57. The normalized spacial score (nSPS) is 10.8. The van der Waals surface area contributed by atoms with E-state index in [0.717, 1.165) is 21.7 Å². The summed E-state index contributed by atoms with van der Waals surface area (Å²) < 4.78 is 1.96. The predicted molar refractivity (Wildman–Crippen MR) is 75.4 cm³/mol. The minimum absolute atomic E-state index is 0.577. The van der Waals surface area contributed by atoms with Gasteiger partial charge < -0.3 is 9.88 Å². The van der Waals surface area contributed by atoms with E-state index >= 15 is 0 Å². The Kier molecular flexibility index (Phi) is 3.05. The summed E-state index contributed by atoms with van der Waals surface area (Å²) in [6.07, 6.45) is 3.46. The Hall–Kier alpha value is -2.14. The third-order valence-corrected chi connectivity index (χ3v) is 3.25. The Bertz CT molecular complexity index is 722. The fourth-order valence-electron chi connectivity index (χ4n) is 1.90. The van der Waals surface area contributed by atoms with E-state index in [1.807, 2.05) is 28.8 Å². The van der Waals surface area contributed by atoms with Gasteiger partial charge in [-0.15, -0.1) is 0 Å². The van der Waals surface area contributed by atoms with E-state index in [4.69, 9.17) is 11.6 Å². The lowest BCUT2D eigenvalue weighted by atomic mass is 10.2. The lowest BCUT2D eigenvalue weighted by Gasteiger charge is -2.06. The number of hydrogen-bond donors (Lipinski definition) is 1. The standard InChI is InChI=1S/C13H12ClN5/c1-15-13-16-6-11-12(18-13)19(8-17-11)7-9-4-2-3-5-10(9)14/h2-6,8H,7H2,1H3,(H,15,16,18). The van der Waals surface area contributed by atoms with Crippen molar-refractivity contribution >= 4 is 28.7 Å². The minimum atomic E-state index is 0.577. The number of rotatable bonds is 3. The monoisotopic (exact) mass is 273 g/mol. The molecule has 1 aromatic carbocycles. The van der Waals surface area contributed by atoms with Crippen molar-refractivity contribution in [1.82, 2.24) is 19.5 Å². The van der Waals surface area contributed by atoms with Gasteiger partial charge in [-0.25, -0.2) is 9.97 Å². The molecule has 2 aromatic heterocycles. The van der Waals surface area contributed by atoms with Gasteiger partial charge in [0.05, 0.1) is 19.1 Å². The van der Waals surface area contributed by atoms with Gasteiger partial charge in [-0.1, -0.05) is 29.8 Å². The first kappa shape index (κ1) is 11.9. The highest BCUT2D eigenvalue weighted by Crippen LogP contribution is 2.18. The number of benzene rings is 1. The van der Waals surface area contributed by atoms with Crippen LogP contribution in [0.4, 0.5) is 5.95 Å². The highest BCUT2D eigenvalue weighted by atomic mass is 35.5. The zero-order chi connectivity index (χ0) is 13.2. The molecule has 0 saturated carbocycles. The number of hydrogen-bond acceptors (Lipinski definition) is 4. The van der Waals surface area contributed by atoms with E-state index in [0.29, 0.717) is 12.5 Å². The second-order valence-electron chi connectivity index (χ2n) is 4.12. The van der Waals surface area contributed by atoms with Crippen LogP contribution in [0.3, 0.4) is 0 Å². The lowest BCUT2D eigenvalue weighted by molar-refractivity contribution is 0.814. The van der Waals surface area contributed by atoms with E-state index in [9.17, 15) is 0 Å². The first-order valence-corrected chi connectivity index (χ1v) is 6.25. The summed E-state index contributed by atoms with van der Waals surface area (Å²) in [5.74, 6) is 0.577. The fourth-order valence-corrected chi connectivity index (χ4v) is 2.10. The molecule has 0 unspecified atom stereocenters. The molecule has 3 rings (SSSR count). The SMILES string of the molecule is CNc1ncc2ncn(Cc3ccccc3Cl)c2n1. The van der Waals surface area contributed by atoms with Crippen LogP contribution in [0.15, 0.2) is 36.8 Å². The summed E-state index contributed by atoms with van der Waals surface area (Å²) in [6.45, 7) is 0.635. The van der Waals surface area contributed by atoms with Crippen molar-refractivity contribution in [2.24, 2.45) is 0 Å². The van der Waals surface area contributed by atoms with Gasteiger partial charge in [-0.3, -0.25) is 0 Å². The molecular weight excluding hydrogens is 262 g/mol. The number of halogens is 1. The van der Waals surface area contributed by atoms with Crippen LogP contribution < -0.4 is 5.32 Å². The number of nitrogens with zero attached hydrogens (tertiary/aromatic N) is 4. The van der Waals surface area contributed by atoms with Crippen LogP contribution in [0.25, 0.3) is 11.2 Å². The number of fused-ring (bicyclic) bond motifs is 1. The molecule has 2 heterocycles. The topological polar surface area (TPSA) is 55.6 Å². The first-order chi connectivity index (χ1) is 9.28. The van der Waals surface area contributed by atoms with Gasteiger partial charge in [0.25, 0.3) is 0 Å².